The number of furan rings is 1. The second-order valence-electron chi connectivity index (χ2n) is 4.90. The monoisotopic (exact) mass is 378 g/mol. The third kappa shape index (κ3) is 5.80. The van der Waals surface area contributed by atoms with Gasteiger partial charge in [-0.2, -0.15) is 13.2 Å². The average Bonchev–Trinajstić information content (AvgIpc) is 3.01. The van der Waals surface area contributed by atoms with E-state index in [0.29, 0.717) is 5.56 Å². The average molecular weight is 378 g/mol. The first kappa shape index (κ1) is 18.8. The summed E-state index contributed by atoms with van der Waals surface area (Å²) in [5.41, 5.74) is 0.478. The molecule has 0 atom stereocenters. The number of halogens is 3. The Bertz CT molecular complexity index is 861. The van der Waals surface area contributed by atoms with E-state index in [1.54, 1.807) is 6.07 Å². The number of nitrogens with two attached hydrogens (primary N) is 1. The molecule has 0 fully saturated rings. The van der Waals surface area contributed by atoms with Gasteiger partial charge in [0.2, 0.25) is 5.09 Å². The van der Waals surface area contributed by atoms with Crippen LogP contribution in [0.15, 0.2) is 45.9 Å². The highest BCUT2D eigenvalue weighted by atomic mass is 32.2. The lowest BCUT2D eigenvalue weighted by Gasteiger charge is -2.10. The molecule has 11 heteroatoms. The maximum absolute atomic E-state index is 12.1. The lowest BCUT2D eigenvalue weighted by Crippen LogP contribution is -2.22. The van der Waals surface area contributed by atoms with Crippen molar-refractivity contribution in [3.8, 4) is 5.75 Å². The number of hydrogen-bond acceptors (Lipinski definition) is 5. The number of alkyl halides is 3. The van der Waals surface area contributed by atoms with Crippen LogP contribution in [0.1, 0.15) is 16.1 Å². The number of primary sulfonamides is 1. The molecule has 0 aliphatic heterocycles. The molecule has 1 aromatic carbocycles. The van der Waals surface area contributed by atoms with Crippen molar-refractivity contribution in [2.24, 2.45) is 5.14 Å². The Labute approximate surface area is 140 Å². The van der Waals surface area contributed by atoms with Crippen LogP contribution in [0.5, 0.6) is 5.75 Å². The topological polar surface area (TPSA) is 112 Å². The van der Waals surface area contributed by atoms with Gasteiger partial charge in [0.25, 0.3) is 15.9 Å². The van der Waals surface area contributed by atoms with E-state index in [0.717, 1.165) is 12.1 Å². The highest BCUT2D eigenvalue weighted by Crippen LogP contribution is 2.19. The predicted octanol–water partition coefficient (Wildman–Crippen LogP) is 1.80. The zero-order valence-corrected chi connectivity index (χ0v) is 13.4. The number of rotatable bonds is 6. The van der Waals surface area contributed by atoms with Gasteiger partial charge in [0.1, 0.15) is 5.75 Å². The lowest BCUT2D eigenvalue weighted by atomic mass is 10.2. The molecule has 0 saturated heterocycles. The molecule has 1 heterocycles. The molecule has 136 valence electrons. The second-order valence-corrected chi connectivity index (χ2v) is 6.39. The number of carbonyl (C=O) groups excluding carboxylic acids is 1. The third-order valence-electron chi connectivity index (χ3n) is 2.84. The molecule has 0 spiro atoms. The summed E-state index contributed by atoms with van der Waals surface area (Å²) in [4.78, 5) is 11.9. The lowest BCUT2D eigenvalue weighted by molar-refractivity contribution is -0.153. The van der Waals surface area contributed by atoms with Gasteiger partial charge in [-0.1, -0.05) is 12.1 Å². The van der Waals surface area contributed by atoms with Crippen LogP contribution in [-0.2, 0) is 16.6 Å². The van der Waals surface area contributed by atoms with Gasteiger partial charge in [-0.15, -0.1) is 0 Å². The van der Waals surface area contributed by atoms with Gasteiger partial charge in [0.05, 0.1) is 0 Å². The molecule has 25 heavy (non-hydrogen) atoms. The minimum Gasteiger partial charge on any atom is -0.484 e. The Kier molecular flexibility index (Phi) is 5.38. The Morgan fingerprint density at radius 1 is 1.24 bits per heavy atom. The van der Waals surface area contributed by atoms with Gasteiger partial charge in [-0.05, 0) is 29.8 Å². The van der Waals surface area contributed by atoms with E-state index in [4.69, 9.17) is 9.56 Å². The Morgan fingerprint density at radius 2 is 1.96 bits per heavy atom. The van der Waals surface area contributed by atoms with E-state index in [-0.39, 0.29) is 18.1 Å². The SMILES string of the molecule is NS(=O)(=O)c1ccc(C(=O)NCc2cccc(OCC(F)(F)F)c2)o1. The van der Waals surface area contributed by atoms with Crippen LogP contribution in [0, 0.1) is 0 Å². The van der Waals surface area contributed by atoms with Crippen molar-refractivity contribution in [3.63, 3.8) is 0 Å². The molecule has 0 bridgehead atoms. The molecule has 3 N–H and O–H groups in total. The van der Waals surface area contributed by atoms with Crippen molar-refractivity contribution in [2.75, 3.05) is 6.61 Å². The minimum absolute atomic E-state index is 0.00131. The number of amides is 1. The summed E-state index contributed by atoms with van der Waals surface area (Å²) in [7, 11) is -4.06. The highest BCUT2D eigenvalue weighted by molar-refractivity contribution is 7.89. The molecule has 1 amide bonds. The van der Waals surface area contributed by atoms with Crippen molar-refractivity contribution >= 4 is 15.9 Å². The number of nitrogens with one attached hydrogen (secondary N) is 1. The van der Waals surface area contributed by atoms with Gasteiger partial charge >= 0.3 is 6.18 Å². The summed E-state index contributed by atoms with van der Waals surface area (Å²) >= 11 is 0. The number of sulfonamides is 1. The summed E-state index contributed by atoms with van der Waals surface area (Å²) in [5, 5.41) is 6.74. The van der Waals surface area contributed by atoms with E-state index >= 15 is 0 Å². The van der Waals surface area contributed by atoms with Crippen LogP contribution >= 0.6 is 0 Å². The van der Waals surface area contributed by atoms with Crippen LogP contribution in [0.2, 0.25) is 0 Å². The second kappa shape index (κ2) is 7.15. The van der Waals surface area contributed by atoms with E-state index in [1.807, 2.05) is 0 Å². The summed E-state index contributed by atoms with van der Waals surface area (Å²) in [6.07, 6.45) is -4.45. The molecule has 0 aliphatic rings. The van der Waals surface area contributed by atoms with Crippen LogP contribution in [0.4, 0.5) is 13.2 Å². The molecule has 2 aromatic rings. The summed E-state index contributed by atoms with van der Waals surface area (Å²) in [6, 6.07) is 7.90. The van der Waals surface area contributed by atoms with Crippen LogP contribution in [0.3, 0.4) is 0 Å². The molecule has 0 radical (unpaired) electrons. The Balaban J connectivity index is 1.97. The number of benzene rings is 1. The van der Waals surface area contributed by atoms with Crippen molar-refractivity contribution < 1.29 is 35.5 Å². The smallest absolute Gasteiger partial charge is 0.422 e. The van der Waals surface area contributed by atoms with E-state index in [2.05, 4.69) is 10.1 Å². The number of ether oxygens (including phenoxy) is 1. The Hall–Kier alpha value is -2.53. The molecule has 0 saturated carbocycles. The maximum atomic E-state index is 12.1. The van der Waals surface area contributed by atoms with Crippen molar-refractivity contribution in [2.45, 2.75) is 17.8 Å². The summed E-state index contributed by atoms with van der Waals surface area (Å²) in [5.74, 6) is -0.983. The van der Waals surface area contributed by atoms with Crippen molar-refractivity contribution in [1.82, 2.24) is 5.32 Å². The molecular weight excluding hydrogens is 365 g/mol. The fraction of sp³-hybridized carbons (Fsp3) is 0.214. The zero-order chi connectivity index (χ0) is 18.7. The van der Waals surface area contributed by atoms with Gasteiger partial charge in [0.15, 0.2) is 12.4 Å². The van der Waals surface area contributed by atoms with E-state index in [1.165, 1.54) is 18.2 Å². The van der Waals surface area contributed by atoms with Crippen molar-refractivity contribution in [1.29, 1.82) is 0 Å². The first-order chi connectivity index (χ1) is 11.5. The highest BCUT2D eigenvalue weighted by Gasteiger charge is 2.28. The molecule has 2 rings (SSSR count). The van der Waals surface area contributed by atoms with Gasteiger partial charge in [-0.3, -0.25) is 4.79 Å². The fourth-order valence-corrected chi connectivity index (χ4v) is 2.24. The molecular formula is C14H13F3N2O5S. The minimum atomic E-state index is -4.45. The molecule has 0 aliphatic carbocycles. The largest absolute Gasteiger partial charge is 0.484 e. The summed E-state index contributed by atoms with van der Waals surface area (Å²) in [6.45, 7) is -1.46. The summed E-state index contributed by atoms with van der Waals surface area (Å²) < 4.78 is 68.0. The zero-order valence-electron chi connectivity index (χ0n) is 12.5. The van der Waals surface area contributed by atoms with Crippen LogP contribution in [-0.4, -0.2) is 27.1 Å². The number of hydrogen-bond donors (Lipinski definition) is 2. The van der Waals surface area contributed by atoms with Crippen LogP contribution < -0.4 is 15.2 Å². The number of carbonyl (C=O) groups is 1. The normalized spacial score (nSPS) is 12.0. The molecule has 1 aromatic heterocycles. The standard InChI is InChI=1S/C14H13F3N2O5S/c15-14(16,17)8-23-10-3-1-2-9(6-10)7-19-13(20)11-4-5-12(24-11)25(18,21)22/h1-6H,7-8H2,(H,19,20)(H2,18,21,22). The van der Waals surface area contributed by atoms with Crippen molar-refractivity contribution in [3.05, 3.63) is 47.7 Å². The first-order valence-corrected chi connectivity index (χ1v) is 8.28. The Morgan fingerprint density at radius 3 is 2.56 bits per heavy atom. The van der Waals surface area contributed by atoms with Gasteiger partial charge < -0.3 is 14.5 Å². The fourth-order valence-electron chi connectivity index (χ4n) is 1.77. The predicted molar refractivity (Wildman–Crippen MR) is 79.2 cm³/mol. The molecule has 7 nitrogen and oxygen atoms in total. The first-order valence-electron chi connectivity index (χ1n) is 6.74. The van der Waals surface area contributed by atoms with Gasteiger partial charge in [0, 0.05) is 6.54 Å². The maximum Gasteiger partial charge on any atom is 0.422 e. The quantitative estimate of drug-likeness (QED) is 0.796. The van der Waals surface area contributed by atoms with Crippen LogP contribution in [0.25, 0.3) is 0 Å². The van der Waals surface area contributed by atoms with E-state index in [9.17, 15) is 26.4 Å². The molecule has 0 unspecified atom stereocenters. The third-order valence-corrected chi connectivity index (χ3v) is 3.62. The van der Waals surface area contributed by atoms with E-state index < -0.39 is 33.8 Å². The van der Waals surface area contributed by atoms with Gasteiger partial charge in [-0.25, -0.2) is 13.6 Å².